The van der Waals surface area contributed by atoms with Gasteiger partial charge in [-0.15, -0.1) is 11.3 Å². The number of quaternary nitrogens is 1. The van der Waals surface area contributed by atoms with Gasteiger partial charge < -0.3 is 15.5 Å². The van der Waals surface area contributed by atoms with Crippen LogP contribution in [0.15, 0.2) is 24.3 Å². The Morgan fingerprint density at radius 3 is 2.67 bits per heavy atom. The molecule has 4 rings (SSSR count). The Balaban J connectivity index is 1.65. The third kappa shape index (κ3) is 2.62. The Hall–Kier alpha value is -1.85. The third-order valence-corrected chi connectivity index (χ3v) is 6.34. The number of aryl methyl sites for hydroxylation is 1. The highest BCUT2D eigenvalue weighted by atomic mass is 32.1. The number of nitrogens with one attached hydrogen (secondary N) is 3. The predicted molar refractivity (Wildman–Crippen MR) is 97.7 cm³/mol. The highest BCUT2D eigenvalue weighted by molar-refractivity contribution is 7.16. The maximum absolute atomic E-state index is 12.7. The van der Waals surface area contributed by atoms with E-state index in [2.05, 4.69) is 55.7 Å². The zero-order valence-electron chi connectivity index (χ0n) is 14.4. The molecule has 126 valence electrons. The molecule has 0 radical (unpaired) electrons. The predicted octanol–water partition coefficient (Wildman–Crippen LogP) is 2.26. The first kappa shape index (κ1) is 15.7. The summed E-state index contributed by atoms with van der Waals surface area (Å²) in [6.45, 7) is 8.76. The van der Waals surface area contributed by atoms with E-state index in [1.54, 1.807) is 16.2 Å². The van der Waals surface area contributed by atoms with Gasteiger partial charge in [-0.3, -0.25) is 4.79 Å². The van der Waals surface area contributed by atoms with Crippen LogP contribution in [-0.4, -0.2) is 18.5 Å². The van der Waals surface area contributed by atoms with E-state index < -0.39 is 0 Å². The fraction of sp³-hybridized carbons (Fsp3) is 0.421. The fourth-order valence-electron chi connectivity index (χ4n) is 3.63. The summed E-state index contributed by atoms with van der Waals surface area (Å²) in [5.41, 5.74) is 4.48. The van der Waals surface area contributed by atoms with Crippen LogP contribution in [0.4, 0.5) is 5.00 Å². The third-order valence-electron chi connectivity index (χ3n) is 5.18. The van der Waals surface area contributed by atoms with Crippen LogP contribution in [0.3, 0.4) is 0 Å². The molecule has 0 spiro atoms. The number of rotatable bonds is 2. The summed E-state index contributed by atoms with van der Waals surface area (Å²) >= 11 is 1.77. The molecule has 2 atom stereocenters. The smallest absolute Gasteiger partial charge is 0.256 e. The molecule has 1 unspecified atom stereocenters. The van der Waals surface area contributed by atoms with Crippen molar-refractivity contribution in [3.05, 3.63) is 51.4 Å². The molecule has 3 heterocycles. The maximum Gasteiger partial charge on any atom is 0.256 e. The Morgan fingerprint density at radius 1 is 1.21 bits per heavy atom. The number of hydrogen-bond acceptors (Lipinski definition) is 3. The molecule has 0 bridgehead atoms. The van der Waals surface area contributed by atoms with Crippen molar-refractivity contribution in [1.82, 2.24) is 5.32 Å². The van der Waals surface area contributed by atoms with E-state index in [0.29, 0.717) is 6.04 Å². The van der Waals surface area contributed by atoms with Crippen molar-refractivity contribution in [2.24, 2.45) is 0 Å². The van der Waals surface area contributed by atoms with Gasteiger partial charge in [0, 0.05) is 6.42 Å². The average Bonchev–Trinajstić information content (AvgIpc) is 2.93. The highest BCUT2D eigenvalue weighted by Crippen LogP contribution is 2.39. The second kappa shape index (κ2) is 5.90. The van der Waals surface area contributed by atoms with Crippen molar-refractivity contribution in [3.63, 3.8) is 0 Å². The Morgan fingerprint density at radius 2 is 1.96 bits per heavy atom. The summed E-state index contributed by atoms with van der Waals surface area (Å²) in [6, 6.07) is 8.95. The number of carbonyl (C=O) groups is 1. The topological polar surface area (TPSA) is 45.6 Å². The Labute approximate surface area is 146 Å². The first-order valence-corrected chi connectivity index (χ1v) is 9.47. The summed E-state index contributed by atoms with van der Waals surface area (Å²) in [6.07, 6.45) is 0.859. The zero-order chi connectivity index (χ0) is 16.8. The number of fused-ring (bicyclic) bond motifs is 3. The van der Waals surface area contributed by atoms with Gasteiger partial charge in [0.15, 0.2) is 0 Å². The number of benzene rings is 1. The number of thiophene rings is 1. The van der Waals surface area contributed by atoms with Crippen LogP contribution in [-0.2, 0) is 13.0 Å². The van der Waals surface area contributed by atoms with Gasteiger partial charge in [-0.25, -0.2) is 0 Å². The molecule has 1 aromatic heterocycles. The first-order valence-electron chi connectivity index (χ1n) is 8.66. The SMILES string of the molecule is Cc1ccc([C@@H]2NC(=O)c3c(sc4c3CC[NH+](C(C)C)C4)N2)cc1. The van der Waals surface area contributed by atoms with Crippen LogP contribution >= 0.6 is 11.3 Å². The molecule has 3 N–H and O–H groups in total. The number of carbonyl (C=O) groups excluding carboxylic acids is 1. The molecule has 0 aliphatic carbocycles. The van der Waals surface area contributed by atoms with Crippen molar-refractivity contribution >= 4 is 22.2 Å². The van der Waals surface area contributed by atoms with Crippen molar-refractivity contribution in [3.8, 4) is 0 Å². The van der Waals surface area contributed by atoms with Crippen LogP contribution in [0.5, 0.6) is 0 Å². The van der Waals surface area contributed by atoms with Gasteiger partial charge >= 0.3 is 0 Å². The Kier molecular flexibility index (Phi) is 3.85. The second-order valence-electron chi connectivity index (χ2n) is 7.16. The lowest BCUT2D eigenvalue weighted by atomic mass is 9.99. The molecule has 1 amide bonds. The number of amides is 1. The van der Waals surface area contributed by atoms with Gasteiger partial charge in [-0.2, -0.15) is 0 Å². The Bertz CT molecular complexity index is 779. The molecular formula is C19H24N3OS+. The molecule has 2 aliphatic rings. The van der Waals surface area contributed by atoms with Gasteiger partial charge in [0.2, 0.25) is 0 Å². The maximum atomic E-state index is 12.7. The molecule has 5 heteroatoms. The fourth-order valence-corrected chi connectivity index (χ4v) is 4.96. The standard InChI is InChI=1S/C19H23N3OS/c1-11(2)22-9-8-14-15(10-22)24-19-16(14)18(23)20-17(21-19)13-6-4-12(3)5-7-13/h4-7,11,17,21H,8-10H2,1-3H3,(H,20,23)/p+1/t17-/m1/s1. The van der Waals surface area contributed by atoms with E-state index >= 15 is 0 Å². The highest BCUT2D eigenvalue weighted by Gasteiger charge is 2.34. The number of hydrogen-bond donors (Lipinski definition) is 3. The zero-order valence-corrected chi connectivity index (χ0v) is 15.2. The summed E-state index contributed by atoms with van der Waals surface area (Å²) in [5, 5.41) is 7.71. The summed E-state index contributed by atoms with van der Waals surface area (Å²) in [5.74, 6) is 0.0693. The second-order valence-corrected chi connectivity index (χ2v) is 8.26. The minimum absolute atomic E-state index is 0.0693. The van der Waals surface area contributed by atoms with Crippen molar-refractivity contribution in [1.29, 1.82) is 0 Å². The van der Waals surface area contributed by atoms with Crippen molar-refractivity contribution in [2.75, 3.05) is 11.9 Å². The van der Waals surface area contributed by atoms with E-state index in [4.69, 9.17) is 0 Å². The van der Waals surface area contributed by atoms with Crippen LogP contribution in [0.1, 0.15) is 51.9 Å². The lowest BCUT2D eigenvalue weighted by Gasteiger charge is -2.28. The number of anilines is 1. The van der Waals surface area contributed by atoms with Gasteiger partial charge in [0.25, 0.3) is 5.91 Å². The molecule has 2 aliphatic heterocycles. The van der Waals surface area contributed by atoms with Gasteiger partial charge in [0.1, 0.15) is 17.7 Å². The molecule has 2 aromatic rings. The summed E-state index contributed by atoms with van der Waals surface area (Å²) < 4.78 is 0. The lowest BCUT2D eigenvalue weighted by molar-refractivity contribution is -0.936. The molecular weight excluding hydrogens is 318 g/mol. The van der Waals surface area contributed by atoms with E-state index in [1.165, 1.54) is 16.0 Å². The normalized spacial score (nSPS) is 22.6. The van der Waals surface area contributed by atoms with Gasteiger partial charge in [-0.05, 0) is 31.9 Å². The lowest BCUT2D eigenvalue weighted by Crippen LogP contribution is -3.14. The van der Waals surface area contributed by atoms with Gasteiger partial charge in [0.05, 0.1) is 23.0 Å². The van der Waals surface area contributed by atoms with Crippen LogP contribution in [0.25, 0.3) is 0 Å². The van der Waals surface area contributed by atoms with E-state index in [0.717, 1.165) is 35.6 Å². The summed E-state index contributed by atoms with van der Waals surface area (Å²) in [4.78, 5) is 15.7. The van der Waals surface area contributed by atoms with Crippen LogP contribution < -0.4 is 15.5 Å². The molecule has 0 fully saturated rings. The van der Waals surface area contributed by atoms with Gasteiger partial charge in [-0.1, -0.05) is 29.8 Å². The average molecular weight is 342 g/mol. The van der Waals surface area contributed by atoms with Crippen LogP contribution in [0, 0.1) is 6.92 Å². The van der Waals surface area contributed by atoms with Crippen molar-refractivity contribution < 1.29 is 9.69 Å². The minimum atomic E-state index is -0.140. The molecule has 1 aromatic carbocycles. The quantitative estimate of drug-likeness (QED) is 0.784. The van der Waals surface area contributed by atoms with E-state index in [1.807, 2.05) is 0 Å². The first-order chi connectivity index (χ1) is 11.5. The molecule has 0 saturated heterocycles. The van der Waals surface area contributed by atoms with E-state index in [9.17, 15) is 4.79 Å². The molecule has 0 saturated carbocycles. The van der Waals surface area contributed by atoms with Crippen LogP contribution in [0.2, 0.25) is 0 Å². The van der Waals surface area contributed by atoms with E-state index in [-0.39, 0.29) is 12.1 Å². The monoisotopic (exact) mass is 342 g/mol. The van der Waals surface area contributed by atoms with Crippen molar-refractivity contribution in [2.45, 2.75) is 45.9 Å². The molecule has 4 nitrogen and oxygen atoms in total. The largest absolute Gasteiger partial charge is 0.353 e. The molecule has 24 heavy (non-hydrogen) atoms. The minimum Gasteiger partial charge on any atom is -0.353 e. The summed E-state index contributed by atoms with van der Waals surface area (Å²) in [7, 11) is 0.